The summed E-state index contributed by atoms with van der Waals surface area (Å²) in [4.78, 5) is 46.0. The second kappa shape index (κ2) is 11.7. The molecule has 1 atom stereocenters. The maximum Gasteiger partial charge on any atom is 0.304 e. The molecule has 0 spiro atoms. The van der Waals surface area contributed by atoms with Crippen molar-refractivity contribution in [2.45, 2.75) is 32.4 Å². The molecule has 36 heavy (non-hydrogen) atoms. The molecule has 0 saturated carbocycles. The molecule has 1 fully saturated rings. The number of halogens is 1. The van der Waals surface area contributed by atoms with Crippen LogP contribution in [0.4, 0.5) is 5.82 Å². The van der Waals surface area contributed by atoms with Gasteiger partial charge in [-0.1, -0.05) is 11.6 Å². The summed E-state index contributed by atoms with van der Waals surface area (Å²) in [6.07, 6.45) is 3.48. The van der Waals surface area contributed by atoms with Crippen molar-refractivity contribution in [1.29, 1.82) is 0 Å². The van der Waals surface area contributed by atoms with Gasteiger partial charge in [-0.2, -0.15) is 0 Å². The fourth-order valence-corrected chi connectivity index (χ4v) is 6.49. The van der Waals surface area contributed by atoms with Gasteiger partial charge in [0, 0.05) is 49.0 Å². The van der Waals surface area contributed by atoms with Crippen molar-refractivity contribution >= 4 is 51.8 Å². The quantitative estimate of drug-likeness (QED) is 0.379. The highest BCUT2D eigenvalue weighted by molar-refractivity contribution is 7.15. The average molecular weight is 549 g/mol. The van der Waals surface area contributed by atoms with Crippen molar-refractivity contribution < 1.29 is 14.7 Å². The fraction of sp³-hybridized carbons (Fsp3) is 0.458. The Morgan fingerprint density at radius 3 is 2.67 bits per heavy atom. The van der Waals surface area contributed by atoms with Crippen LogP contribution in [0.1, 0.15) is 33.7 Å². The van der Waals surface area contributed by atoms with Gasteiger partial charge in [0.25, 0.3) is 0 Å². The largest absolute Gasteiger partial charge is 0.481 e. The molecule has 0 unspecified atom stereocenters. The molecule has 4 rings (SSSR count). The van der Waals surface area contributed by atoms with Crippen LogP contribution in [0.2, 0.25) is 5.02 Å². The number of carbonyl (C=O) groups excluding carboxylic acids is 1. The number of rotatable bonds is 10. The second-order valence-corrected chi connectivity index (χ2v) is 11.6. The molecule has 0 radical (unpaired) electrons. The van der Waals surface area contributed by atoms with Crippen molar-refractivity contribution in [3.05, 3.63) is 44.4 Å². The van der Waals surface area contributed by atoms with E-state index >= 15 is 0 Å². The van der Waals surface area contributed by atoms with E-state index in [1.165, 1.54) is 17.5 Å². The molecule has 3 aromatic heterocycles. The third-order valence-corrected chi connectivity index (χ3v) is 8.26. The Morgan fingerprint density at radius 1 is 1.25 bits per heavy atom. The number of aromatic nitrogens is 3. The van der Waals surface area contributed by atoms with Gasteiger partial charge >= 0.3 is 5.97 Å². The minimum absolute atomic E-state index is 0.123. The minimum atomic E-state index is -0.783. The van der Waals surface area contributed by atoms with Crippen LogP contribution in [0, 0.1) is 0 Å². The molecule has 1 aliphatic heterocycles. The monoisotopic (exact) mass is 548 g/mol. The van der Waals surface area contributed by atoms with Crippen LogP contribution in [0.5, 0.6) is 0 Å². The maximum atomic E-state index is 13.0. The summed E-state index contributed by atoms with van der Waals surface area (Å²) in [5.41, 5.74) is 1.20. The maximum absolute atomic E-state index is 13.0. The van der Waals surface area contributed by atoms with Crippen molar-refractivity contribution in [3.63, 3.8) is 0 Å². The number of thiazole rings is 1. The molecular weight excluding hydrogens is 520 g/mol. The zero-order valence-corrected chi connectivity index (χ0v) is 22.9. The number of carbonyl (C=O) groups is 2. The lowest BCUT2D eigenvalue weighted by atomic mass is 10.2. The molecule has 0 aromatic carbocycles. The van der Waals surface area contributed by atoms with E-state index in [1.807, 2.05) is 25.5 Å². The topological polar surface area (TPSA) is 103 Å². The van der Waals surface area contributed by atoms with Gasteiger partial charge in [-0.25, -0.2) is 15.0 Å². The van der Waals surface area contributed by atoms with Gasteiger partial charge in [0.15, 0.2) is 5.78 Å². The first-order chi connectivity index (χ1) is 17.2. The van der Waals surface area contributed by atoms with E-state index in [-0.39, 0.29) is 24.7 Å². The van der Waals surface area contributed by atoms with E-state index in [9.17, 15) is 9.59 Å². The Bertz CT molecular complexity index is 1210. The normalized spacial score (nSPS) is 16.6. The lowest BCUT2D eigenvalue weighted by Gasteiger charge is -2.40. The summed E-state index contributed by atoms with van der Waals surface area (Å²) in [5, 5.41) is 12.2. The number of carboxylic acids is 1. The molecular formula is C24H29ClN6O3S2. The highest BCUT2D eigenvalue weighted by Crippen LogP contribution is 2.35. The highest BCUT2D eigenvalue weighted by atomic mass is 35.5. The summed E-state index contributed by atoms with van der Waals surface area (Å²) in [5.74, 6) is -0.188. The first-order valence-corrected chi connectivity index (χ1v) is 13.7. The summed E-state index contributed by atoms with van der Waals surface area (Å²) in [7, 11) is 4.01. The molecule has 0 bridgehead atoms. The van der Waals surface area contributed by atoms with Crippen LogP contribution < -0.4 is 4.90 Å². The van der Waals surface area contributed by atoms with Crippen molar-refractivity contribution in [2.24, 2.45) is 0 Å². The Balaban J connectivity index is 1.41. The SMILES string of the molecule is C[C@@H]1CN(c2cnc(C(=O)Cc3nc(-c4cc(Cl)cs4)c(CN(C)C)s3)cn2)CCN1CCC(=O)O. The molecule has 1 N–H and O–H groups in total. The Kier molecular flexibility index (Phi) is 8.68. The first kappa shape index (κ1) is 26.6. The molecule has 4 heterocycles. The number of hydrogen-bond donors (Lipinski definition) is 1. The lowest BCUT2D eigenvalue weighted by molar-refractivity contribution is -0.137. The Morgan fingerprint density at radius 2 is 2.06 bits per heavy atom. The number of nitrogens with zero attached hydrogens (tertiary/aromatic N) is 6. The van der Waals surface area contributed by atoms with Crippen LogP contribution in [-0.4, -0.2) is 87.9 Å². The molecule has 3 aromatic rings. The van der Waals surface area contributed by atoms with Crippen molar-refractivity contribution in [1.82, 2.24) is 24.8 Å². The summed E-state index contributed by atoms with van der Waals surface area (Å²) in [6, 6.07) is 2.11. The van der Waals surface area contributed by atoms with E-state index < -0.39 is 5.97 Å². The van der Waals surface area contributed by atoms with Crippen LogP contribution in [-0.2, 0) is 17.8 Å². The predicted octanol–water partition coefficient (Wildman–Crippen LogP) is 3.79. The van der Waals surface area contributed by atoms with Gasteiger partial charge in [0.2, 0.25) is 0 Å². The number of aliphatic carboxylic acids is 1. The molecule has 9 nitrogen and oxygen atoms in total. The summed E-state index contributed by atoms with van der Waals surface area (Å²) >= 11 is 9.21. The number of thiophene rings is 1. The van der Waals surface area contributed by atoms with Crippen LogP contribution >= 0.6 is 34.3 Å². The second-order valence-electron chi connectivity index (χ2n) is 9.08. The number of carboxylic acid groups (broad SMARTS) is 1. The van der Waals surface area contributed by atoms with Crippen LogP contribution in [0.3, 0.4) is 0 Å². The number of Topliss-reactive ketones (excluding diaryl/α,β-unsaturated/α-hetero) is 1. The fourth-order valence-electron chi connectivity index (χ4n) is 4.13. The lowest BCUT2D eigenvalue weighted by Crippen LogP contribution is -2.52. The molecule has 0 amide bonds. The Labute approximate surface area is 223 Å². The van der Waals surface area contributed by atoms with Gasteiger partial charge in [-0.3, -0.25) is 14.5 Å². The highest BCUT2D eigenvalue weighted by Gasteiger charge is 2.25. The number of piperazine rings is 1. The van der Waals surface area contributed by atoms with E-state index in [2.05, 4.69) is 31.6 Å². The van der Waals surface area contributed by atoms with Gasteiger partial charge in [-0.15, -0.1) is 22.7 Å². The first-order valence-electron chi connectivity index (χ1n) is 11.6. The predicted molar refractivity (Wildman–Crippen MR) is 143 cm³/mol. The van der Waals surface area contributed by atoms with Gasteiger partial charge in [0.1, 0.15) is 16.5 Å². The average Bonchev–Trinajstić information content (AvgIpc) is 3.43. The van der Waals surface area contributed by atoms with Gasteiger partial charge < -0.3 is 14.9 Å². The van der Waals surface area contributed by atoms with Gasteiger partial charge in [-0.05, 0) is 27.1 Å². The molecule has 1 aliphatic rings. The van der Waals surface area contributed by atoms with E-state index in [4.69, 9.17) is 21.7 Å². The zero-order chi connectivity index (χ0) is 25.8. The number of anilines is 1. The number of hydrogen-bond acceptors (Lipinski definition) is 10. The van der Waals surface area contributed by atoms with Crippen molar-refractivity contribution in [2.75, 3.05) is 45.2 Å². The molecule has 192 valence electrons. The van der Waals surface area contributed by atoms with Crippen LogP contribution in [0.15, 0.2) is 23.8 Å². The number of ketones is 1. The van der Waals surface area contributed by atoms with E-state index in [1.54, 1.807) is 17.5 Å². The summed E-state index contributed by atoms with van der Waals surface area (Å²) in [6.45, 7) is 5.56. The smallest absolute Gasteiger partial charge is 0.304 e. The van der Waals surface area contributed by atoms with E-state index in [0.29, 0.717) is 17.3 Å². The van der Waals surface area contributed by atoms with Crippen LogP contribution in [0.25, 0.3) is 10.6 Å². The van der Waals surface area contributed by atoms with E-state index in [0.717, 1.165) is 52.5 Å². The molecule has 0 aliphatic carbocycles. The third-order valence-electron chi connectivity index (χ3n) is 5.94. The summed E-state index contributed by atoms with van der Waals surface area (Å²) < 4.78 is 0. The van der Waals surface area contributed by atoms with Crippen molar-refractivity contribution in [3.8, 4) is 10.6 Å². The van der Waals surface area contributed by atoms with Gasteiger partial charge in [0.05, 0.1) is 40.8 Å². The molecule has 12 heteroatoms. The standard InChI is InChI=1S/C24H29ClN6O3S2/c1-15-12-31(7-6-30(15)5-4-23(33)34)21-11-26-17(10-27-21)18(32)9-22-28-24(19-8-16(25)14-35-19)20(36-22)13-29(2)3/h8,10-11,14-15H,4-7,9,12-13H2,1-3H3,(H,33,34)/t15-/m1/s1. The molecule has 1 saturated heterocycles. The Hall–Kier alpha value is -2.44. The third kappa shape index (κ3) is 6.65. The minimum Gasteiger partial charge on any atom is -0.481 e. The zero-order valence-electron chi connectivity index (χ0n) is 20.5.